The summed E-state index contributed by atoms with van der Waals surface area (Å²) >= 11 is 0. The molecule has 0 bridgehead atoms. The molecule has 0 saturated carbocycles. The molecule has 1 atom stereocenters. The van der Waals surface area contributed by atoms with E-state index in [2.05, 4.69) is 0 Å². The predicted octanol–water partition coefficient (Wildman–Crippen LogP) is 2.30. The van der Waals surface area contributed by atoms with Gasteiger partial charge in [-0.05, 0) is 37.0 Å². The van der Waals surface area contributed by atoms with Crippen LogP contribution in [0.3, 0.4) is 0 Å². The van der Waals surface area contributed by atoms with E-state index in [1.807, 2.05) is 0 Å². The van der Waals surface area contributed by atoms with E-state index in [-0.39, 0.29) is 12.0 Å². The van der Waals surface area contributed by atoms with E-state index in [0.717, 1.165) is 18.9 Å². The van der Waals surface area contributed by atoms with Crippen molar-refractivity contribution in [3.05, 3.63) is 35.4 Å². The van der Waals surface area contributed by atoms with Gasteiger partial charge in [-0.15, -0.1) is 0 Å². The number of benzene rings is 1. The second-order valence-electron chi connectivity index (χ2n) is 4.74. The Kier molecular flexibility index (Phi) is 3.74. The van der Waals surface area contributed by atoms with Gasteiger partial charge in [0.15, 0.2) is 11.6 Å². The summed E-state index contributed by atoms with van der Waals surface area (Å²) in [7, 11) is 0. The predicted molar refractivity (Wildman–Crippen MR) is 59.6 cm³/mol. The molecule has 0 spiro atoms. The lowest BCUT2D eigenvalue weighted by Crippen LogP contribution is -2.37. The zero-order valence-electron chi connectivity index (χ0n) is 9.59. The molecule has 94 valence electrons. The molecule has 0 radical (unpaired) electrons. The molecule has 0 aliphatic carbocycles. The number of rotatable bonds is 3. The molecule has 0 aromatic heterocycles. The molecular formula is C13H16F2O2. The summed E-state index contributed by atoms with van der Waals surface area (Å²) in [5.74, 6) is -1.68. The topological polar surface area (TPSA) is 29.5 Å². The fourth-order valence-electron chi connectivity index (χ4n) is 2.31. The molecule has 2 rings (SSSR count). The van der Waals surface area contributed by atoms with Crippen LogP contribution in [0.2, 0.25) is 0 Å². The van der Waals surface area contributed by atoms with Gasteiger partial charge in [0.25, 0.3) is 0 Å². The van der Waals surface area contributed by atoms with E-state index in [9.17, 15) is 13.9 Å². The van der Waals surface area contributed by atoms with Crippen molar-refractivity contribution >= 4 is 0 Å². The molecule has 1 aliphatic rings. The highest BCUT2D eigenvalue weighted by atomic mass is 19.2. The van der Waals surface area contributed by atoms with Crippen molar-refractivity contribution in [3.8, 4) is 0 Å². The third-order valence-electron chi connectivity index (χ3n) is 3.30. The van der Waals surface area contributed by atoms with Crippen molar-refractivity contribution < 1.29 is 18.6 Å². The minimum absolute atomic E-state index is 0.00595. The molecule has 17 heavy (non-hydrogen) atoms. The van der Waals surface area contributed by atoms with Crippen molar-refractivity contribution in [1.29, 1.82) is 0 Å². The fraction of sp³-hybridized carbons (Fsp3) is 0.538. The second-order valence-corrected chi connectivity index (χ2v) is 4.74. The average molecular weight is 242 g/mol. The van der Waals surface area contributed by atoms with Crippen molar-refractivity contribution in [2.45, 2.75) is 19.3 Å². The first-order chi connectivity index (χ1) is 8.15. The minimum atomic E-state index is -0.841. The van der Waals surface area contributed by atoms with Gasteiger partial charge in [0, 0.05) is 12.0 Å². The first-order valence-electron chi connectivity index (χ1n) is 5.78. The molecule has 1 heterocycles. The number of hydrogen-bond donors (Lipinski definition) is 1. The van der Waals surface area contributed by atoms with E-state index in [1.54, 1.807) is 6.07 Å². The molecule has 1 fully saturated rings. The highest BCUT2D eigenvalue weighted by molar-refractivity contribution is 5.19. The van der Waals surface area contributed by atoms with Crippen LogP contribution in [0.25, 0.3) is 0 Å². The maximum Gasteiger partial charge on any atom is 0.159 e. The number of aliphatic hydroxyl groups excluding tert-OH is 1. The van der Waals surface area contributed by atoms with Crippen molar-refractivity contribution in [2.75, 3.05) is 19.8 Å². The Morgan fingerprint density at radius 2 is 2.12 bits per heavy atom. The van der Waals surface area contributed by atoms with Gasteiger partial charge in [-0.25, -0.2) is 8.78 Å². The smallest absolute Gasteiger partial charge is 0.159 e. The van der Waals surface area contributed by atoms with Crippen molar-refractivity contribution in [3.63, 3.8) is 0 Å². The first kappa shape index (κ1) is 12.5. The lowest BCUT2D eigenvalue weighted by molar-refractivity contribution is -0.0379. The van der Waals surface area contributed by atoms with Gasteiger partial charge in [0.2, 0.25) is 0 Å². The SMILES string of the molecule is OCC1(Cc2ccc(F)c(F)c2)CCCOC1. The van der Waals surface area contributed by atoms with E-state index in [0.29, 0.717) is 25.2 Å². The zero-order valence-corrected chi connectivity index (χ0v) is 9.59. The standard InChI is InChI=1S/C13H16F2O2/c14-11-3-2-10(6-12(11)15)7-13(8-16)4-1-5-17-9-13/h2-3,6,16H,1,4-5,7-9H2. The van der Waals surface area contributed by atoms with Gasteiger partial charge in [-0.3, -0.25) is 0 Å². The summed E-state index contributed by atoms with van der Waals surface area (Å²) in [6, 6.07) is 3.88. The summed E-state index contributed by atoms with van der Waals surface area (Å²) < 4.78 is 31.3. The molecule has 1 aromatic rings. The average Bonchev–Trinajstić information content (AvgIpc) is 2.35. The Morgan fingerprint density at radius 3 is 2.71 bits per heavy atom. The van der Waals surface area contributed by atoms with Crippen LogP contribution in [0.1, 0.15) is 18.4 Å². The summed E-state index contributed by atoms with van der Waals surface area (Å²) in [6.45, 7) is 1.19. The van der Waals surface area contributed by atoms with E-state index < -0.39 is 11.6 Å². The molecule has 0 amide bonds. The van der Waals surface area contributed by atoms with Gasteiger partial charge in [0.1, 0.15) is 0 Å². The minimum Gasteiger partial charge on any atom is -0.396 e. The van der Waals surface area contributed by atoms with Gasteiger partial charge in [0.05, 0.1) is 13.2 Å². The normalized spacial score (nSPS) is 24.9. The van der Waals surface area contributed by atoms with Gasteiger partial charge in [-0.2, -0.15) is 0 Å². The van der Waals surface area contributed by atoms with Crippen molar-refractivity contribution in [2.24, 2.45) is 5.41 Å². The molecule has 1 N–H and O–H groups in total. The van der Waals surface area contributed by atoms with Gasteiger partial charge in [-0.1, -0.05) is 6.07 Å². The second kappa shape index (κ2) is 5.10. The monoisotopic (exact) mass is 242 g/mol. The number of aliphatic hydroxyl groups is 1. The quantitative estimate of drug-likeness (QED) is 0.881. The summed E-state index contributed by atoms with van der Waals surface area (Å²) in [5, 5.41) is 9.48. The Hall–Kier alpha value is -1.00. The van der Waals surface area contributed by atoms with Crippen LogP contribution in [0.5, 0.6) is 0 Å². The van der Waals surface area contributed by atoms with Crippen LogP contribution < -0.4 is 0 Å². The summed E-state index contributed by atoms with van der Waals surface area (Å²) in [5.41, 5.74) is 0.353. The molecule has 2 nitrogen and oxygen atoms in total. The van der Waals surface area contributed by atoms with E-state index in [1.165, 1.54) is 6.07 Å². The number of halogens is 2. The van der Waals surface area contributed by atoms with Crippen LogP contribution in [-0.4, -0.2) is 24.9 Å². The molecular weight excluding hydrogens is 226 g/mol. The van der Waals surface area contributed by atoms with Crippen LogP contribution in [0, 0.1) is 17.0 Å². The molecule has 1 saturated heterocycles. The fourth-order valence-corrected chi connectivity index (χ4v) is 2.31. The Labute approximate surface area is 99.2 Å². The first-order valence-corrected chi connectivity index (χ1v) is 5.78. The van der Waals surface area contributed by atoms with Crippen LogP contribution in [-0.2, 0) is 11.2 Å². The molecule has 1 unspecified atom stereocenters. The van der Waals surface area contributed by atoms with Crippen LogP contribution >= 0.6 is 0 Å². The number of ether oxygens (including phenoxy) is 1. The Balaban J connectivity index is 2.14. The largest absolute Gasteiger partial charge is 0.396 e. The maximum absolute atomic E-state index is 13.1. The number of hydrogen-bond acceptors (Lipinski definition) is 2. The third-order valence-corrected chi connectivity index (χ3v) is 3.30. The van der Waals surface area contributed by atoms with Crippen LogP contribution in [0.15, 0.2) is 18.2 Å². The lowest BCUT2D eigenvalue weighted by atomic mass is 9.78. The maximum atomic E-state index is 13.1. The summed E-state index contributed by atoms with van der Waals surface area (Å²) in [6.07, 6.45) is 2.26. The molecule has 4 heteroatoms. The van der Waals surface area contributed by atoms with Gasteiger partial charge < -0.3 is 9.84 Å². The van der Waals surface area contributed by atoms with Crippen molar-refractivity contribution in [1.82, 2.24) is 0 Å². The highest BCUT2D eigenvalue weighted by Gasteiger charge is 2.32. The van der Waals surface area contributed by atoms with E-state index >= 15 is 0 Å². The third kappa shape index (κ3) is 2.82. The molecule has 1 aliphatic heterocycles. The lowest BCUT2D eigenvalue weighted by Gasteiger charge is -2.35. The van der Waals surface area contributed by atoms with Gasteiger partial charge >= 0.3 is 0 Å². The highest BCUT2D eigenvalue weighted by Crippen LogP contribution is 2.32. The Morgan fingerprint density at radius 1 is 1.29 bits per heavy atom. The summed E-state index contributed by atoms with van der Waals surface area (Å²) in [4.78, 5) is 0. The van der Waals surface area contributed by atoms with E-state index in [4.69, 9.17) is 4.74 Å². The van der Waals surface area contributed by atoms with Crippen LogP contribution in [0.4, 0.5) is 8.78 Å². The molecule has 1 aromatic carbocycles. The zero-order chi connectivity index (χ0) is 12.3. The Bertz CT molecular complexity index is 387.